The van der Waals surface area contributed by atoms with Crippen LogP contribution in [0.25, 0.3) is 0 Å². The van der Waals surface area contributed by atoms with E-state index in [2.05, 4.69) is 27.5 Å². The largest absolute Gasteiger partial charge is 0.298 e. The number of alkyl halides is 1. The van der Waals surface area contributed by atoms with Crippen LogP contribution in [0.3, 0.4) is 0 Å². The van der Waals surface area contributed by atoms with Gasteiger partial charge in [0.2, 0.25) is 0 Å². The summed E-state index contributed by atoms with van der Waals surface area (Å²) in [5, 5.41) is 1.68. The lowest BCUT2D eigenvalue weighted by molar-refractivity contribution is 0.296. The molecule has 0 radical (unpaired) electrons. The zero-order chi connectivity index (χ0) is 8.97. The van der Waals surface area contributed by atoms with Crippen molar-refractivity contribution in [3.05, 3.63) is 10.1 Å². The predicted octanol–water partition coefficient (Wildman–Crippen LogP) is 3.21. The van der Waals surface area contributed by atoms with E-state index in [4.69, 9.17) is 23.2 Å². The fraction of sp³-hybridized carbons (Fsp3) is 0.750. The highest BCUT2D eigenvalue weighted by molar-refractivity contribution is 14.1. The van der Waals surface area contributed by atoms with Gasteiger partial charge < -0.3 is 0 Å². The monoisotopic (exact) mass is 319 g/mol. The molecule has 1 aliphatic rings. The van der Waals surface area contributed by atoms with Crippen molar-refractivity contribution < 1.29 is 0 Å². The molecule has 0 aromatic heterocycles. The van der Waals surface area contributed by atoms with Crippen LogP contribution >= 0.6 is 45.8 Å². The van der Waals surface area contributed by atoms with E-state index in [-0.39, 0.29) is 0 Å². The Morgan fingerprint density at radius 2 is 2.08 bits per heavy atom. The zero-order valence-electron chi connectivity index (χ0n) is 6.82. The molecule has 12 heavy (non-hydrogen) atoms. The highest BCUT2D eigenvalue weighted by atomic mass is 127. The van der Waals surface area contributed by atoms with Crippen molar-refractivity contribution in [2.45, 2.75) is 12.8 Å². The van der Waals surface area contributed by atoms with Gasteiger partial charge in [0.1, 0.15) is 0 Å². The predicted molar refractivity (Wildman–Crippen MR) is 63.3 cm³/mol. The number of hydrogen-bond acceptors (Lipinski definition) is 1. The summed E-state index contributed by atoms with van der Waals surface area (Å²) >= 11 is 14.2. The van der Waals surface area contributed by atoms with E-state index in [1.54, 1.807) is 0 Å². The van der Waals surface area contributed by atoms with Gasteiger partial charge in [0, 0.05) is 27.6 Å². The van der Waals surface area contributed by atoms with Crippen molar-refractivity contribution in [3.63, 3.8) is 0 Å². The minimum Gasteiger partial charge on any atom is -0.298 e. The maximum Gasteiger partial charge on any atom is 0.0466 e. The molecule has 1 nitrogen and oxygen atoms in total. The molecular formula is C8H12Cl2IN. The molecule has 1 aliphatic heterocycles. The fourth-order valence-corrected chi connectivity index (χ4v) is 1.98. The second kappa shape index (κ2) is 5.68. The number of nitrogens with zero attached hydrogens (tertiary/aromatic N) is 1. The van der Waals surface area contributed by atoms with Crippen molar-refractivity contribution in [2.24, 2.45) is 0 Å². The zero-order valence-corrected chi connectivity index (χ0v) is 10.5. The van der Waals surface area contributed by atoms with Crippen LogP contribution in [-0.2, 0) is 0 Å². The van der Waals surface area contributed by atoms with Gasteiger partial charge in [-0.1, -0.05) is 45.8 Å². The van der Waals surface area contributed by atoms with E-state index in [0.717, 1.165) is 36.1 Å². The van der Waals surface area contributed by atoms with E-state index in [1.807, 2.05) is 0 Å². The molecule has 0 fully saturated rings. The van der Waals surface area contributed by atoms with E-state index in [9.17, 15) is 0 Å². The van der Waals surface area contributed by atoms with Gasteiger partial charge in [0.05, 0.1) is 0 Å². The van der Waals surface area contributed by atoms with Crippen molar-refractivity contribution >= 4 is 45.8 Å². The second-order valence-electron chi connectivity index (χ2n) is 2.88. The molecule has 0 N–H and O–H groups in total. The molecule has 1 heterocycles. The molecule has 0 atom stereocenters. The molecule has 0 amide bonds. The molecule has 0 aromatic rings. The standard InChI is InChI=1S/C8H12Cl2IN/c9-7-2-5-12(4-1-3-11)6-8(7)10/h1-6H2. The normalized spacial score (nSPS) is 20.2. The molecule has 4 heteroatoms. The Morgan fingerprint density at radius 3 is 2.67 bits per heavy atom. The smallest absolute Gasteiger partial charge is 0.0466 e. The third kappa shape index (κ3) is 3.40. The average Bonchev–Trinajstić information content (AvgIpc) is 2.07. The van der Waals surface area contributed by atoms with E-state index < -0.39 is 0 Å². The first kappa shape index (κ1) is 11.1. The van der Waals surface area contributed by atoms with Crippen molar-refractivity contribution in [1.82, 2.24) is 4.90 Å². The Kier molecular flexibility index (Phi) is 5.25. The van der Waals surface area contributed by atoms with Gasteiger partial charge in [-0.05, 0) is 19.4 Å². The Hall–Kier alpha value is 1.01. The third-order valence-corrected chi connectivity index (χ3v) is 3.54. The molecule has 0 spiro atoms. The first-order valence-electron chi connectivity index (χ1n) is 4.05. The van der Waals surface area contributed by atoms with Gasteiger partial charge in [-0.15, -0.1) is 0 Å². The van der Waals surface area contributed by atoms with E-state index >= 15 is 0 Å². The van der Waals surface area contributed by atoms with Crippen LogP contribution in [0.1, 0.15) is 12.8 Å². The van der Waals surface area contributed by atoms with Crippen molar-refractivity contribution in [3.8, 4) is 0 Å². The maximum atomic E-state index is 5.94. The Labute approximate surface area is 97.2 Å². The third-order valence-electron chi connectivity index (χ3n) is 1.91. The summed E-state index contributed by atoms with van der Waals surface area (Å²) in [6, 6.07) is 0. The fourth-order valence-electron chi connectivity index (χ4n) is 1.23. The maximum absolute atomic E-state index is 5.94. The molecule has 0 aliphatic carbocycles. The number of rotatable bonds is 3. The minimum atomic E-state index is 0.830. The molecule has 0 unspecified atom stereocenters. The molecular weight excluding hydrogens is 308 g/mol. The number of halogens is 3. The molecule has 0 saturated heterocycles. The molecule has 0 bridgehead atoms. The average molecular weight is 320 g/mol. The SMILES string of the molecule is ClC1=C(Cl)CN(CCCI)CC1. The summed E-state index contributed by atoms with van der Waals surface area (Å²) in [7, 11) is 0. The Balaban J connectivity index is 2.33. The van der Waals surface area contributed by atoms with Gasteiger partial charge in [0.25, 0.3) is 0 Å². The first-order valence-corrected chi connectivity index (χ1v) is 6.33. The van der Waals surface area contributed by atoms with Crippen molar-refractivity contribution in [2.75, 3.05) is 24.1 Å². The molecule has 1 rings (SSSR count). The molecule has 0 aromatic carbocycles. The highest BCUT2D eigenvalue weighted by Gasteiger charge is 2.15. The van der Waals surface area contributed by atoms with Gasteiger partial charge in [-0.2, -0.15) is 0 Å². The summed E-state index contributed by atoms with van der Waals surface area (Å²) in [6.07, 6.45) is 2.16. The lowest BCUT2D eigenvalue weighted by atomic mass is 10.2. The van der Waals surface area contributed by atoms with Gasteiger partial charge in [-0.3, -0.25) is 4.90 Å². The van der Waals surface area contributed by atoms with E-state index in [1.165, 1.54) is 10.8 Å². The lowest BCUT2D eigenvalue weighted by Gasteiger charge is -2.26. The highest BCUT2D eigenvalue weighted by Crippen LogP contribution is 2.23. The molecule has 0 saturated carbocycles. The minimum absolute atomic E-state index is 0.830. The van der Waals surface area contributed by atoms with Crippen LogP contribution in [0.4, 0.5) is 0 Å². The van der Waals surface area contributed by atoms with Crippen LogP contribution in [0.2, 0.25) is 0 Å². The van der Waals surface area contributed by atoms with Gasteiger partial charge in [-0.25, -0.2) is 0 Å². The first-order chi connectivity index (χ1) is 5.74. The summed E-state index contributed by atoms with van der Waals surface area (Å²) in [5.41, 5.74) is 0. The molecule has 70 valence electrons. The number of hydrogen-bond donors (Lipinski definition) is 0. The van der Waals surface area contributed by atoms with Crippen LogP contribution in [-0.4, -0.2) is 29.0 Å². The van der Waals surface area contributed by atoms with Crippen molar-refractivity contribution in [1.29, 1.82) is 0 Å². The second-order valence-corrected chi connectivity index (χ2v) is 4.87. The van der Waals surface area contributed by atoms with Gasteiger partial charge in [0.15, 0.2) is 0 Å². The van der Waals surface area contributed by atoms with E-state index in [0.29, 0.717) is 0 Å². The summed E-state index contributed by atoms with van der Waals surface area (Å²) < 4.78 is 1.21. The lowest BCUT2D eigenvalue weighted by Crippen LogP contribution is -2.31. The van der Waals surface area contributed by atoms with Crippen LogP contribution < -0.4 is 0 Å². The summed E-state index contributed by atoms with van der Waals surface area (Å²) in [4.78, 5) is 2.35. The quantitative estimate of drug-likeness (QED) is 0.570. The topological polar surface area (TPSA) is 3.24 Å². The van der Waals surface area contributed by atoms with Crippen LogP contribution in [0.5, 0.6) is 0 Å². The van der Waals surface area contributed by atoms with Gasteiger partial charge >= 0.3 is 0 Å². The Morgan fingerprint density at radius 1 is 1.33 bits per heavy atom. The van der Waals surface area contributed by atoms with Crippen LogP contribution in [0, 0.1) is 0 Å². The Bertz CT molecular complexity index is 182. The summed E-state index contributed by atoms with van der Waals surface area (Å²) in [5.74, 6) is 0. The summed E-state index contributed by atoms with van der Waals surface area (Å²) in [6.45, 7) is 3.05. The van der Waals surface area contributed by atoms with Crippen LogP contribution in [0.15, 0.2) is 10.1 Å².